The third-order valence-electron chi connectivity index (χ3n) is 11.8. The number of fused-ring (bicyclic) bond motifs is 1. The maximum atomic E-state index is 14.9. The molecule has 5 amide bonds. The molecule has 20 nitrogen and oxygen atoms in total. The van der Waals surface area contributed by atoms with Crippen LogP contribution in [-0.2, 0) is 57.6 Å². The van der Waals surface area contributed by atoms with Crippen molar-refractivity contribution in [2.75, 3.05) is 20.2 Å². The van der Waals surface area contributed by atoms with Crippen LogP contribution >= 0.6 is 0 Å². The number of carbonyl (C=O) groups excluding carboxylic acids is 6. The summed E-state index contributed by atoms with van der Waals surface area (Å²) in [7, 11) is 1.42. The van der Waals surface area contributed by atoms with Crippen LogP contribution in [0.15, 0.2) is 85.6 Å². The predicted molar refractivity (Wildman–Crippen MR) is 270 cm³/mol. The summed E-state index contributed by atoms with van der Waals surface area (Å²) in [6, 6.07) is 13.6. The Labute approximate surface area is 426 Å². The number of aliphatic carboxylic acids is 1. The summed E-state index contributed by atoms with van der Waals surface area (Å²) in [4.78, 5) is 96.6. The van der Waals surface area contributed by atoms with Crippen LogP contribution in [0.5, 0.6) is 5.75 Å². The minimum Gasteiger partial charge on any atom is -0.487 e. The first-order chi connectivity index (χ1) is 34.1. The molecule has 0 saturated carbocycles. The third kappa shape index (κ3) is 16.2. The standard InChI is InChI=1S/C53H70N8O12/c1-13-24-70-49(68)55-41(48(67)72-52(6,7)8)26-33-19-22-39(23-20-33)71-31-37-29-61(58-57-37)38-28-42(45(63)54-40(47(65)66)27-34-18-21-35-16-14-15-17-36(35)25-34)60(30-38)46(64)43(51(3,4)5)56-44(62)32(2)59(12)50(69)73-53(9,10)11/h13-23,25,29,32,38,40-43H,1,24,26-28,30-31H2,2-12H3,(H,54,63)(H,55,68)(H,56,62)(H,65,66)/t32-,38-,40-,41-,42-,43+/m0/s1. The molecule has 0 unspecified atom stereocenters. The van der Waals surface area contributed by atoms with Crippen molar-refractivity contribution in [1.29, 1.82) is 0 Å². The monoisotopic (exact) mass is 1010 g/mol. The van der Waals surface area contributed by atoms with Gasteiger partial charge in [0.1, 0.15) is 66.1 Å². The average molecular weight is 1010 g/mol. The number of hydrogen-bond acceptors (Lipinski definition) is 13. The molecule has 1 aromatic heterocycles. The lowest BCUT2D eigenvalue weighted by molar-refractivity contribution is -0.157. The number of carbonyl (C=O) groups is 7. The Hall–Kier alpha value is -7.51. The minimum absolute atomic E-state index is 0.0126. The molecule has 1 aliphatic rings. The van der Waals surface area contributed by atoms with E-state index in [2.05, 4.69) is 32.8 Å². The second kappa shape index (κ2) is 23.8. The summed E-state index contributed by atoms with van der Waals surface area (Å²) in [5, 5.41) is 29.0. The van der Waals surface area contributed by atoms with Crippen molar-refractivity contribution in [3.05, 3.63) is 102 Å². The molecule has 394 valence electrons. The Kier molecular flexibility index (Phi) is 18.4. The van der Waals surface area contributed by atoms with Crippen molar-refractivity contribution < 1.29 is 57.6 Å². The maximum Gasteiger partial charge on any atom is 0.410 e. The van der Waals surface area contributed by atoms with Gasteiger partial charge in [0.05, 0.1) is 12.2 Å². The van der Waals surface area contributed by atoms with E-state index in [-0.39, 0.29) is 39.0 Å². The van der Waals surface area contributed by atoms with Crippen LogP contribution < -0.4 is 20.7 Å². The van der Waals surface area contributed by atoms with Crippen LogP contribution in [0.1, 0.15) is 98.5 Å². The molecule has 1 saturated heterocycles. The van der Waals surface area contributed by atoms with E-state index in [9.17, 15) is 38.7 Å². The van der Waals surface area contributed by atoms with Crippen molar-refractivity contribution in [3.63, 3.8) is 0 Å². The Bertz CT molecular complexity index is 2630. The molecular weight excluding hydrogens is 941 g/mol. The SMILES string of the molecule is C=CCOC(=O)N[C@@H](Cc1ccc(OCc2cn([C@H]3C[C@@H](C(=O)N[C@@H](Cc4ccc5ccccc5c4)C(=O)O)N(C(=O)[C@@H](NC(=O)[C@H](C)N(C)C(=O)OC(C)(C)C)C(C)(C)C)C3)nn2)cc1)C(=O)OC(C)(C)C. The number of hydrogen-bond donors (Lipinski definition) is 4. The van der Waals surface area contributed by atoms with Gasteiger partial charge in [-0.3, -0.25) is 19.3 Å². The topological polar surface area (TPSA) is 250 Å². The van der Waals surface area contributed by atoms with E-state index in [0.717, 1.165) is 15.7 Å². The fourth-order valence-electron chi connectivity index (χ4n) is 7.87. The molecule has 0 aliphatic carbocycles. The molecule has 4 N–H and O–H groups in total. The van der Waals surface area contributed by atoms with Crippen LogP contribution in [0.3, 0.4) is 0 Å². The number of aromatic nitrogens is 3. The summed E-state index contributed by atoms with van der Waals surface area (Å²) in [6.45, 7) is 20.4. The van der Waals surface area contributed by atoms with Crippen molar-refractivity contribution in [1.82, 2.24) is 40.7 Å². The number of nitrogens with zero attached hydrogens (tertiary/aromatic N) is 5. The molecule has 1 aliphatic heterocycles. The Morgan fingerprint density at radius 3 is 2.08 bits per heavy atom. The number of benzene rings is 3. The van der Waals surface area contributed by atoms with E-state index in [1.807, 2.05) is 36.4 Å². The van der Waals surface area contributed by atoms with E-state index in [1.54, 1.807) is 98.8 Å². The Balaban J connectivity index is 1.35. The summed E-state index contributed by atoms with van der Waals surface area (Å²) in [5.74, 6) is -3.41. The third-order valence-corrected chi connectivity index (χ3v) is 11.8. The zero-order chi connectivity index (χ0) is 54.0. The van der Waals surface area contributed by atoms with Gasteiger partial charge in [-0.05, 0) is 87.9 Å². The van der Waals surface area contributed by atoms with Gasteiger partial charge in [0.2, 0.25) is 17.7 Å². The summed E-state index contributed by atoms with van der Waals surface area (Å²) in [5.41, 5.74) is -0.755. The van der Waals surface area contributed by atoms with Crippen LogP contribution in [0.25, 0.3) is 10.8 Å². The second-order valence-corrected chi connectivity index (χ2v) is 21.2. The first-order valence-electron chi connectivity index (χ1n) is 24.1. The normalized spacial score (nSPS) is 16.5. The molecule has 0 spiro atoms. The van der Waals surface area contributed by atoms with Crippen molar-refractivity contribution >= 4 is 52.6 Å². The molecule has 0 radical (unpaired) electrons. The highest BCUT2D eigenvalue weighted by molar-refractivity contribution is 5.95. The van der Waals surface area contributed by atoms with Gasteiger partial charge in [-0.2, -0.15) is 0 Å². The van der Waals surface area contributed by atoms with E-state index >= 15 is 0 Å². The van der Waals surface area contributed by atoms with Gasteiger partial charge in [0.15, 0.2) is 0 Å². The zero-order valence-corrected chi connectivity index (χ0v) is 43.6. The van der Waals surface area contributed by atoms with Crippen LogP contribution in [0.2, 0.25) is 0 Å². The van der Waals surface area contributed by atoms with Crippen LogP contribution in [0.4, 0.5) is 9.59 Å². The first-order valence-corrected chi connectivity index (χ1v) is 24.1. The van der Waals surface area contributed by atoms with E-state index < -0.39 is 94.7 Å². The van der Waals surface area contributed by atoms with Gasteiger partial charge in [-0.1, -0.05) is 93.2 Å². The van der Waals surface area contributed by atoms with Gasteiger partial charge in [0.25, 0.3) is 0 Å². The smallest absolute Gasteiger partial charge is 0.410 e. The minimum atomic E-state index is -1.36. The number of esters is 1. The largest absolute Gasteiger partial charge is 0.487 e. The highest BCUT2D eigenvalue weighted by Gasteiger charge is 2.47. The van der Waals surface area contributed by atoms with Gasteiger partial charge >= 0.3 is 24.1 Å². The molecule has 73 heavy (non-hydrogen) atoms. The molecule has 2 heterocycles. The van der Waals surface area contributed by atoms with Crippen LogP contribution in [-0.4, -0.2) is 133 Å². The molecule has 1 fully saturated rings. The first kappa shape index (κ1) is 56.4. The van der Waals surface area contributed by atoms with E-state index in [0.29, 0.717) is 22.6 Å². The molecule has 6 atom stereocenters. The number of likely N-dealkylation sites (N-methyl/N-ethyl adjacent to an activating group) is 1. The highest BCUT2D eigenvalue weighted by Crippen LogP contribution is 2.32. The number of rotatable bonds is 19. The molecule has 0 bridgehead atoms. The molecule has 4 aromatic rings. The number of amides is 5. The number of nitrogens with one attached hydrogen (secondary N) is 3. The fraction of sp³-hybridized carbons (Fsp3) is 0.491. The van der Waals surface area contributed by atoms with E-state index in [4.69, 9.17) is 18.9 Å². The second-order valence-electron chi connectivity index (χ2n) is 21.2. The number of alkyl carbamates (subject to hydrolysis) is 1. The van der Waals surface area contributed by atoms with Crippen molar-refractivity contribution in [3.8, 4) is 5.75 Å². The average Bonchev–Trinajstić information content (AvgIpc) is 3.98. The molecule has 20 heteroatoms. The highest BCUT2D eigenvalue weighted by atomic mass is 16.6. The van der Waals surface area contributed by atoms with Gasteiger partial charge in [0, 0.05) is 32.9 Å². The van der Waals surface area contributed by atoms with Crippen LogP contribution in [0, 0.1) is 5.41 Å². The van der Waals surface area contributed by atoms with Crippen molar-refractivity contribution in [2.24, 2.45) is 5.41 Å². The number of likely N-dealkylation sites (tertiary alicyclic amines) is 1. The number of carboxylic acids is 1. The lowest BCUT2D eigenvalue weighted by atomic mass is 9.85. The Morgan fingerprint density at radius 2 is 1.47 bits per heavy atom. The lowest BCUT2D eigenvalue weighted by Crippen LogP contribution is -2.60. The predicted octanol–water partition coefficient (Wildman–Crippen LogP) is 5.92. The summed E-state index contributed by atoms with van der Waals surface area (Å²) in [6.07, 6.45) is 1.58. The fourth-order valence-corrected chi connectivity index (χ4v) is 7.87. The maximum absolute atomic E-state index is 14.9. The zero-order valence-electron chi connectivity index (χ0n) is 43.6. The van der Waals surface area contributed by atoms with Crippen molar-refractivity contribution in [2.45, 2.75) is 143 Å². The quantitative estimate of drug-likeness (QED) is 0.0484. The Morgan fingerprint density at radius 1 is 0.836 bits per heavy atom. The summed E-state index contributed by atoms with van der Waals surface area (Å²) < 4.78 is 23.6. The molecule has 3 aromatic carbocycles. The van der Waals surface area contributed by atoms with E-state index in [1.165, 1.54) is 29.6 Å². The molecular formula is C53H70N8O12. The van der Waals surface area contributed by atoms with Gasteiger partial charge in [-0.15, -0.1) is 5.10 Å². The van der Waals surface area contributed by atoms with Gasteiger partial charge < -0.3 is 44.9 Å². The summed E-state index contributed by atoms with van der Waals surface area (Å²) >= 11 is 0. The number of carboxylic acid groups (broad SMARTS) is 1. The lowest BCUT2D eigenvalue weighted by Gasteiger charge is -2.37. The van der Waals surface area contributed by atoms with Gasteiger partial charge in [-0.25, -0.2) is 23.9 Å². The number of ether oxygens (including phenoxy) is 4. The molecule has 5 rings (SSSR count).